The van der Waals surface area contributed by atoms with Crippen LogP contribution in [0.15, 0.2) is 12.7 Å². The van der Waals surface area contributed by atoms with E-state index < -0.39 is 0 Å². The van der Waals surface area contributed by atoms with Gasteiger partial charge in [0.1, 0.15) is 0 Å². The van der Waals surface area contributed by atoms with Crippen LogP contribution in [0.1, 0.15) is 62.5 Å². The Balaban J connectivity index is 1.70. The average molecular weight is 303 g/mol. The Morgan fingerprint density at radius 1 is 1.32 bits per heavy atom. The molecule has 2 heterocycles. The van der Waals surface area contributed by atoms with Crippen LogP contribution in [-0.2, 0) is 16.7 Å². The van der Waals surface area contributed by atoms with Crippen LogP contribution in [0.25, 0.3) is 0 Å². The van der Waals surface area contributed by atoms with Gasteiger partial charge >= 0.3 is 0 Å². The van der Waals surface area contributed by atoms with Crippen molar-refractivity contribution in [1.29, 1.82) is 0 Å². The van der Waals surface area contributed by atoms with Gasteiger partial charge < -0.3 is 14.9 Å². The van der Waals surface area contributed by atoms with Gasteiger partial charge in [-0.15, -0.1) is 6.58 Å². The van der Waals surface area contributed by atoms with Crippen LogP contribution < -0.4 is 0 Å². The molecule has 1 aromatic rings. The van der Waals surface area contributed by atoms with Crippen LogP contribution in [0, 0.1) is 0 Å². The van der Waals surface area contributed by atoms with Crippen molar-refractivity contribution in [3.05, 3.63) is 23.8 Å². The molecule has 22 heavy (non-hydrogen) atoms. The molecule has 4 rings (SSSR count). The summed E-state index contributed by atoms with van der Waals surface area (Å²) < 4.78 is 7.49. The zero-order chi connectivity index (χ0) is 15.5. The smallest absolute Gasteiger partial charge is 0.198 e. The van der Waals surface area contributed by atoms with Gasteiger partial charge in [0.05, 0.1) is 12.2 Å². The summed E-state index contributed by atoms with van der Waals surface area (Å²) in [5, 5.41) is 21.2. The lowest BCUT2D eigenvalue weighted by Crippen LogP contribution is -2.28. The van der Waals surface area contributed by atoms with E-state index in [4.69, 9.17) is 4.74 Å². The number of hydrogen-bond donors (Lipinski definition) is 2. The van der Waals surface area contributed by atoms with Gasteiger partial charge in [0.2, 0.25) is 0 Å². The first kappa shape index (κ1) is 14.2. The fraction of sp³-hybridized carbons (Fsp3) is 0.667. The van der Waals surface area contributed by atoms with E-state index in [-0.39, 0.29) is 35.3 Å². The minimum absolute atomic E-state index is 0.0631. The van der Waals surface area contributed by atoms with Crippen molar-refractivity contribution in [1.82, 2.24) is 4.57 Å². The third-order valence-electron chi connectivity index (χ3n) is 5.95. The molecule has 3 aliphatic rings. The van der Waals surface area contributed by atoms with E-state index >= 15 is 0 Å². The molecule has 2 N–H and O–H groups in total. The van der Waals surface area contributed by atoms with E-state index in [2.05, 4.69) is 13.5 Å². The van der Waals surface area contributed by atoms with Gasteiger partial charge in [-0.2, -0.15) is 0 Å². The first-order valence-electron chi connectivity index (χ1n) is 8.57. The van der Waals surface area contributed by atoms with Crippen molar-refractivity contribution in [2.45, 2.75) is 75.5 Å². The highest BCUT2D eigenvalue weighted by Gasteiger charge is 2.72. The molecule has 0 radical (unpaired) electrons. The molecular formula is C18H25NO3. The molecule has 0 amide bonds. The van der Waals surface area contributed by atoms with Gasteiger partial charge in [-0.05, 0) is 12.8 Å². The molecule has 0 aromatic carbocycles. The number of unbranched alkanes of at least 4 members (excludes halogenated alkanes) is 3. The highest BCUT2D eigenvalue weighted by atomic mass is 16.6. The maximum absolute atomic E-state index is 10.7. The Kier molecular flexibility index (Phi) is 3.09. The van der Waals surface area contributed by atoms with E-state index in [9.17, 15) is 10.2 Å². The molecule has 2 fully saturated rings. The molecule has 2 aliphatic carbocycles. The van der Waals surface area contributed by atoms with E-state index in [0.29, 0.717) is 6.54 Å². The summed E-state index contributed by atoms with van der Waals surface area (Å²) >= 11 is 0. The maximum Gasteiger partial charge on any atom is 0.198 e. The van der Waals surface area contributed by atoms with Crippen LogP contribution >= 0.6 is 0 Å². The molecule has 1 saturated heterocycles. The average Bonchev–Trinajstić information content (AvgIpc) is 3.11. The lowest BCUT2D eigenvalue weighted by Gasteiger charge is -2.27. The molecular weight excluding hydrogens is 278 g/mol. The molecule has 4 nitrogen and oxygen atoms in total. The molecule has 1 saturated carbocycles. The number of rotatable bonds is 7. The van der Waals surface area contributed by atoms with Gasteiger partial charge in [-0.25, -0.2) is 0 Å². The second-order valence-electron chi connectivity index (χ2n) is 7.13. The summed E-state index contributed by atoms with van der Waals surface area (Å²) in [4.78, 5) is 0. The molecule has 1 aliphatic heterocycles. The summed E-state index contributed by atoms with van der Waals surface area (Å²) in [6, 6.07) is 0. The molecule has 4 heteroatoms. The van der Waals surface area contributed by atoms with Crippen molar-refractivity contribution in [2.75, 3.05) is 0 Å². The van der Waals surface area contributed by atoms with Gasteiger partial charge in [-0.3, -0.25) is 4.57 Å². The highest BCUT2D eigenvalue weighted by Crippen LogP contribution is 2.71. The predicted molar refractivity (Wildman–Crippen MR) is 84.4 cm³/mol. The fourth-order valence-corrected chi connectivity index (χ4v) is 5.00. The van der Waals surface area contributed by atoms with Crippen molar-refractivity contribution < 1.29 is 14.9 Å². The Labute approximate surface area is 131 Å². The van der Waals surface area contributed by atoms with Gasteiger partial charge in [0.25, 0.3) is 0 Å². The highest BCUT2D eigenvalue weighted by molar-refractivity contribution is 5.61. The van der Waals surface area contributed by atoms with Crippen molar-refractivity contribution in [2.24, 2.45) is 0 Å². The van der Waals surface area contributed by atoms with E-state index in [1.165, 1.54) is 25.7 Å². The normalized spacial score (nSPS) is 33.8. The van der Waals surface area contributed by atoms with Crippen molar-refractivity contribution in [3.8, 4) is 11.8 Å². The van der Waals surface area contributed by atoms with Crippen molar-refractivity contribution in [3.63, 3.8) is 0 Å². The lowest BCUT2D eigenvalue weighted by molar-refractivity contribution is 0.215. The first-order valence-corrected chi connectivity index (χ1v) is 8.57. The topological polar surface area (TPSA) is 57.9 Å². The van der Waals surface area contributed by atoms with Crippen LogP contribution in [0.3, 0.4) is 0 Å². The number of aromatic nitrogens is 1. The summed E-state index contributed by atoms with van der Waals surface area (Å²) in [5.74, 6) is 0.726. The molecule has 4 unspecified atom stereocenters. The Bertz CT molecular complexity index is 620. The Morgan fingerprint density at radius 3 is 2.86 bits per heavy atom. The zero-order valence-electron chi connectivity index (χ0n) is 13.2. The number of epoxide rings is 1. The minimum Gasteiger partial charge on any atom is -0.494 e. The number of hydrogen-bond acceptors (Lipinski definition) is 3. The molecule has 120 valence electrons. The molecule has 0 spiro atoms. The Hall–Kier alpha value is -1.42. The summed E-state index contributed by atoms with van der Waals surface area (Å²) in [5.41, 5.74) is 1.87. The lowest BCUT2D eigenvalue weighted by atomic mass is 9.76. The monoisotopic (exact) mass is 303 g/mol. The van der Waals surface area contributed by atoms with E-state index in [1.54, 1.807) is 10.6 Å². The SMILES string of the molecule is C=CCn1c(O)c2c(c1O)C1(CCCCCC)CC2C2OC21. The quantitative estimate of drug-likeness (QED) is 0.460. The number of ether oxygens (including phenoxy) is 1. The first-order chi connectivity index (χ1) is 10.7. The molecule has 2 bridgehead atoms. The summed E-state index contributed by atoms with van der Waals surface area (Å²) in [6.07, 6.45) is 9.22. The number of nitrogens with zero attached hydrogens (tertiary/aromatic N) is 1. The summed E-state index contributed by atoms with van der Waals surface area (Å²) in [6.45, 7) is 6.38. The van der Waals surface area contributed by atoms with Gasteiger partial charge in [0, 0.05) is 29.0 Å². The van der Waals surface area contributed by atoms with Gasteiger partial charge in [-0.1, -0.05) is 38.7 Å². The maximum atomic E-state index is 10.7. The Morgan fingerprint density at radius 2 is 2.14 bits per heavy atom. The predicted octanol–water partition coefficient (Wildman–Crippen LogP) is 3.56. The number of allylic oxidation sites excluding steroid dienone is 1. The van der Waals surface area contributed by atoms with E-state index in [0.717, 1.165) is 24.0 Å². The van der Waals surface area contributed by atoms with Crippen LogP contribution in [0.4, 0.5) is 0 Å². The van der Waals surface area contributed by atoms with Crippen LogP contribution in [0.5, 0.6) is 11.8 Å². The molecule has 4 atom stereocenters. The second kappa shape index (κ2) is 4.79. The standard InChI is InChI=1S/C18H25NO3/c1-3-5-6-7-8-18-10-11(14-15(18)22-14)12-13(18)17(21)19(9-4-2)16(12)20/h4,11,14-15,20-21H,2-3,5-10H2,1H3. The van der Waals surface area contributed by atoms with E-state index in [1.807, 2.05) is 0 Å². The molecule has 1 aromatic heterocycles. The second-order valence-corrected chi connectivity index (χ2v) is 7.13. The third-order valence-corrected chi connectivity index (χ3v) is 5.95. The summed E-state index contributed by atoms with van der Waals surface area (Å²) in [7, 11) is 0. The minimum atomic E-state index is -0.0631. The zero-order valence-corrected chi connectivity index (χ0v) is 13.2. The van der Waals surface area contributed by atoms with Gasteiger partial charge in [0.15, 0.2) is 11.8 Å². The number of fused-ring (bicyclic) bond motifs is 8. The van der Waals surface area contributed by atoms with Crippen LogP contribution in [-0.4, -0.2) is 27.0 Å². The number of aromatic hydroxyl groups is 2. The largest absolute Gasteiger partial charge is 0.494 e. The van der Waals surface area contributed by atoms with Crippen molar-refractivity contribution >= 4 is 0 Å². The third kappa shape index (κ3) is 1.62. The van der Waals surface area contributed by atoms with Crippen LogP contribution in [0.2, 0.25) is 0 Å². The fourth-order valence-electron chi connectivity index (χ4n) is 5.00.